The fourth-order valence-corrected chi connectivity index (χ4v) is 0.519. The second-order valence-electron chi connectivity index (χ2n) is 1.88. The lowest BCUT2D eigenvalue weighted by Crippen LogP contribution is -2.17. The third-order valence-electron chi connectivity index (χ3n) is 1.02. The molecule has 0 radical (unpaired) electrons. The molecule has 0 spiro atoms. The Hall–Kier alpha value is -0.570. The Balaban J connectivity index is 3.45. The minimum Gasteiger partial charge on any atom is -0.469 e. The minimum absolute atomic E-state index is 0.153. The zero-order valence-corrected chi connectivity index (χ0v) is 6.01. The van der Waals surface area contributed by atoms with Gasteiger partial charge in [0, 0.05) is 7.11 Å². The monoisotopic (exact) mass is 132 g/mol. The Bertz CT molecular complexity index is 90.3. The summed E-state index contributed by atoms with van der Waals surface area (Å²) in [4.78, 5) is 10.6. The van der Waals surface area contributed by atoms with E-state index in [0.29, 0.717) is 6.61 Å². The first kappa shape index (κ1) is 8.43. The van der Waals surface area contributed by atoms with Crippen molar-refractivity contribution in [3.63, 3.8) is 0 Å². The first-order chi connectivity index (χ1) is 4.22. The maximum Gasteiger partial charge on any atom is 0.310 e. The Labute approximate surface area is 55.0 Å². The lowest BCUT2D eigenvalue weighted by atomic mass is 10.2. The SMILES string of the molecule is COCC(C)C(=O)OC. The minimum atomic E-state index is -0.225. The van der Waals surface area contributed by atoms with Gasteiger partial charge in [-0.05, 0) is 6.92 Å². The molecule has 0 saturated heterocycles. The standard InChI is InChI=1S/C6H12O3/c1-5(4-8-2)6(7)9-3/h5H,4H2,1-3H3. The number of hydrogen-bond donors (Lipinski definition) is 0. The molecule has 0 N–H and O–H groups in total. The Kier molecular flexibility index (Phi) is 4.05. The van der Waals surface area contributed by atoms with Crippen LogP contribution in [0.3, 0.4) is 0 Å². The molecule has 3 nitrogen and oxygen atoms in total. The molecule has 1 atom stereocenters. The molecule has 0 heterocycles. The number of rotatable bonds is 3. The summed E-state index contributed by atoms with van der Waals surface area (Å²) in [6.07, 6.45) is 0. The highest BCUT2D eigenvalue weighted by Gasteiger charge is 2.11. The van der Waals surface area contributed by atoms with E-state index in [2.05, 4.69) is 4.74 Å². The number of carbonyl (C=O) groups is 1. The first-order valence-electron chi connectivity index (χ1n) is 2.79. The van der Waals surface area contributed by atoms with E-state index in [-0.39, 0.29) is 11.9 Å². The van der Waals surface area contributed by atoms with Gasteiger partial charge < -0.3 is 9.47 Å². The fourth-order valence-electron chi connectivity index (χ4n) is 0.519. The van der Waals surface area contributed by atoms with E-state index < -0.39 is 0 Å². The average Bonchev–Trinajstić information content (AvgIpc) is 1.87. The van der Waals surface area contributed by atoms with E-state index in [9.17, 15) is 4.79 Å². The van der Waals surface area contributed by atoms with Crippen molar-refractivity contribution in [1.29, 1.82) is 0 Å². The van der Waals surface area contributed by atoms with E-state index in [1.165, 1.54) is 7.11 Å². The lowest BCUT2D eigenvalue weighted by molar-refractivity contribution is -0.146. The molecular weight excluding hydrogens is 120 g/mol. The fraction of sp³-hybridized carbons (Fsp3) is 0.833. The zero-order chi connectivity index (χ0) is 7.28. The van der Waals surface area contributed by atoms with Gasteiger partial charge in [0.1, 0.15) is 0 Å². The van der Waals surface area contributed by atoms with Gasteiger partial charge in [-0.2, -0.15) is 0 Å². The summed E-state index contributed by atoms with van der Waals surface area (Å²) in [6, 6.07) is 0. The number of ether oxygens (including phenoxy) is 2. The molecule has 0 aliphatic heterocycles. The molecule has 0 bridgehead atoms. The summed E-state index contributed by atoms with van der Waals surface area (Å²) in [5.41, 5.74) is 0. The highest BCUT2D eigenvalue weighted by Crippen LogP contribution is 1.96. The maximum atomic E-state index is 10.6. The van der Waals surface area contributed by atoms with Crippen molar-refractivity contribution in [2.45, 2.75) is 6.92 Å². The molecule has 3 heteroatoms. The van der Waals surface area contributed by atoms with Crippen molar-refractivity contribution in [1.82, 2.24) is 0 Å². The predicted molar refractivity (Wildman–Crippen MR) is 33.1 cm³/mol. The summed E-state index contributed by atoms with van der Waals surface area (Å²) in [5, 5.41) is 0. The van der Waals surface area contributed by atoms with Crippen LogP contribution in [-0.4, -0.2) is 26.8 Å². The van der Waals surface area contributed by atoms with Gasteiger partial charge in [0.25, 0.3) is 0 Å². The summed E-state index contributed by atoms with van der Waals surface area (Å²) >= 11 is 0. The predicted octanol–water partition coefficient (Wildman–Crippen LogP) is 0.442. The van der Waals surface area contributed by atoms with Crippen LogP contribution in [-0.2, 0) is 14.3 Å². The van der Waals surface area contributed by atoms with Crippen LogP contribution in [0.15, 0.2) is 0 Å². The van der Waals surface area contributed by atoms with Gasteiger partial charge >= 0.3 is 5.97 Å². The van der Waals surface area contributed by atoms with Gasteiger partial charge in [0.15, 0.2) is 0 Å². The molecule has 0 rings (SSSR count). The average molecular weight is 132 g/mol. The second-order valence-corrected chi connectivity index (χ2v) is 1.88. The van der Waals surface area contributed by atoms with Crippen molar-refractivity contribution >= 4 is 5.97 Å². The van der Waals surface area contributed by atoms with E-state index in [1.807, 2.05) is 0 Å². The topological polar surface area (TPSA) is 35.5 Å². The van der Waals surface area contributed by atoms with Gasteiger partial charge in [-0.25, -0.2) is 0 Å². The second kappa shape index (κ2) is 4.32. The molecule has 9 heavy (non-hydrogen) atoms. The van der Waals surface area contributed by atoms with Crippen molar-refractivity contribution in [3.05, 3.63) is 0 Å². The summed E-state index contributed by atoms with van der Waals surface area (Å²) < 4.78 is 9.17. The smallest absolute Gasteiger partial charge is 0.310 e. The number of esters is 1. The highest BCUT2D eigenvalue weighted by atomic mass is 16.5. The summed E-state index contributed by atoms with van der Waals surface area (Å²) in [6.45, 7) is 2.18. The van der Waals surface area contributed by atoms with Crippen LogP contribution in [0.25, 0.3) is 0 Å². The number of methoxy groups -OCH3 is 2. The molecular formula is C6H12O3. The Morgan fingerprint density at radius 1 is 1.56 bits per heavy atom. The van der Waals surface area contributed by atoms with Crippen molar-refractivity contribution in [2.75, 3.05) is 20.8 Å². The van der Waals surface area contributed by atoms with Crippen molar-refractivity contribution in [3.8, 4) is 0 Å². The van der Waals surface area contributed by atoms with Gasteiger partial charge in [-0.1, -0.05) is 0 Å². The van der Waals surface area contributed by atoms with Gasteiger partial charge in [-0.15, -0.1) is 0 Å². The highest BCUT2D eigenvalue weighted by molar-refractivity contribution is 5.71. The van der Waals surface area contributed by atoms with Gasteiger partial charge in [0.05, 0.1) is 19.6 Å². The quantitative estimate of drug-likeness (QED) is 0.523. The molecule has 54 valence electrons. The van der Waals surface area contributed by atoms with Crippen LogP contribution in [0.4, 0.5) is 0 Å². The van der Waals surface area contributed by atoms with Crippen LogP contribution in [0, 0.1) is 5.92 Å². The van der Waals surface area contributed by atoms with E-state index >= 15 is 0 Å². The van der Waals surface area contributed by atoms with Crippen LogP contribution < -0.4 is 0 Å². The van der Waals surface area contributed by atoms with Gasteiger partial charge in [0.2, 0.25) is 0 Å². The summed E-state index contributed by atoms with van der Waals surface area (Å²) in [7, 11) is 2.92. The molecule has 0 aromatic rings. The molecule has 0 aliphatic rings. The number of hydrogen-bond acceptors (Lipinski definition) is 3. The van der Waals surface area contributed by atoms with Crippen LogP contribution >= 0.6 is 0 Å². The van der Waals surface area contributed by atoms with E-state index in [0.717, 1.165) is 0 Å². The molecule has 0 aromatic heterocycles. The van der Waals surface area contributed by atoms with Crippen molar-refractivity contribution in [2.24, 2.45) is 5.92 Å². The Morgan fingerprint density at radius 2 is 2.11 bits per heavy atom. The number of carbonyl (C=O) groups excluding carboxylic acids is 1. The third-order valence-corrected chi connectivity index (χ3v) is 1.02. The molecule has 0 fully saturated rings. The molecule has 1 unspecified atom stereocenters. The van der Waals surface area contributed by atoms with Gasteiger partial charge in [-0.3, -0.25) is 4.79 Å². The van der Waals surface area contributed by atoms with Crippen LogP contribution in [0.5, 0.6) is 0 Å². The van der Waals surface area contributed by atoms with E-state index in [1.54, 1.807) is 14.0 Å². The largest absolute Gasteiger partial charge is 0.469 e. The first-order valence-corrected chi connectivity index (χ1v) is 2.79. The lowest BCUT2D eigenvalue weighted by Gasteiger charge is -2.05. The van der Waals surface area contributed by atoms with Crippen LogP contribution in [0.1, 0.15) is 6.92 Å². The maximum absolute atomic E-state index is 10.6. The van der Waals surface area contributed by atoms with E-state index in [4.69, 9.17) is 4.74 Å². The molecule has 0 aliphatic carbocycles. The molecule has 0 amide bonds. The van der Waals surface area contributed by atoms with Crippen molar-refractivity contribution < 1.29 is 14.3 Å². The molecule has 0 saturated carbocycles. The normalized spacial score (nSPS) is 12.8. The molecule has 0 aromatic carbocycles. The third kappa shape index (κ3) is 3.08. The Morgan fingerprint density at radius 3 is 2.44 bits per heavy atom. The van der Waals surface area contributed by atoms with Crippen LogP contribution in [0.2, 0.25) is 0 Å². The summed E-state index contributed by atoms with van der Waals surface area (Å²) in [5.74, 6) is -0.378. The zero-order valence-electron chi connectivity index (χ0n) is 6.01.